The van der Waals surface area contributed by atoms with Crippen LogP contribution in [-0.4, -0.2) is 33.8 Å². The zero-order valence-corrected chi connectivity index (χ0v) is 8.56. The molecule has 4 heteroatoms. The molecule has 1 aliphatic rings. The maximum absolute atomic E-state index is 9.81. The monoisotopic (exact) mass is 193 g/mol. The summed E-state index contributed by atoms with van der Waals surface area (Å²) in [6.45, 7) is 5.24. The lowest BCUT2D eigenvalue weighted by atomic mass is 9.92. The third-order valence-electron chi connectivity index (χ3n) is 2.68. The van der Waals surface area contributed by atoms with Gasteiger partial charge in [0.15, 0.2) is 0 Å². The van der Waals surface area contributed by atoms with Crippen molar-refractivity contribution in [2.75, 3.05) is 18.0 Å². The molecule has 0 atom stereocenters. The van der Waals surface area contributed by atoms with Gasteiger partial charge in [-0.2, -0.15) is 0 Å². The average molecular weight is 193 g/mol. The van der Waals surface area contributed by atoms with E-state index in [0.717, 1.165) is 12.0 Å². The molecular weight excluding hydrogens is 178 g/mol. The highest BCUT2D eigenvalue weighted by Crippen LogP contribution is 2.26. The molecule has 2 rings (SSSR count). The summed E-state index contributed by atoms with van der Waals surface area (Å²) in [7, 11) is 0. The Hall–Kier alpha value is -1.16. The molecule has 1 aliphatic heterocycles. The van der Waals surface area contributed by atoms with Gasteiger partial charge in [-0.25, -0.2) is 9.97 Å². The number of aryl methyl sites for hydroxylation is 1. The number of nitrogens with zero attached hydrogens (tertiary/aromatic N) is 3. The molecule has 0 amide bonds. The summed E-state index contributed by atoms with van der Waals surface area (Å²) >= 11 is 0. The standard InChI is InChI=1S/C10H15N3O/c1-3-10(14)6-13(7-10)9-11-4-8(2)5-12-9/h4-5,14H,3,6-7H2,1-2H3. The summed E-state index contributed by atoms with van der Waals surface area (Å²) in [6, 6.07) is 0. The summed E-state index contributed by atoms with van der Waals surface area (Å²) in [5.41, 5.74) is 0.536. The number of rotatable bonds is 2. The van der Waals surface area contributed by atoms with Gasteiger partial charge in [0.25, 0.3) is 0 Å². The molecule has 0 unspecified atom stereocenters. The minimum absolute atomic E-state index is 0.520. The zero-order chi connectivity index (χ0) is 10.2. The molecule has 1 N–H and O–H groups in total. The Bertz CT molecular complexity index is 317. The van der Waals surface area contributed by atoms with Crippen LogP contribution >= 0.6 is 0 Å². The zero-order valence-electron chi connectivity index (χ0n) is 8.56. The molecular formula is C10H15N3O. The highest BCUT2D eigenvalue weighted by Gasteiger charge is 2.40. The second-order valence-electron chi connectivity index (χ2n) is 3.99. The van der Waals surface area contributed by atoms with Gasteiger partial charge in [0.2, 0.25) is 5.95 Å². The first kappa shape index (κ1) is 9.40. The molecule has 0 spiro atoms. The average Bonchev–Trinajstić information content (AvgIpc) is 2.15. The van der Waals surface area contributed by atoms with Crippen molar-refractivity contribution in [1.29, 1.82) is 0 Å². The molecule has 0 saturated carbocycles. The van der Waals surface area contributed by atoms with Gasteiger partial charge in [-0.05, 0) is 18.9 Å². The van der Waals surface area contributed by atoms with E-state index in [1.165, 1.54) is 0 Å². The van der Waals surface area contributed by atoms with E-state index in [1.54, 1.807) is 12.4 Å². The number of β-amino-alcohol motifs (C(OH)–C–C–N with tert-alkyl or cyclic N) is 1. The predicted octanol–water partition coefficient (Wildman–Crippen LogP) is 0.746. The lowest BCUT2D eigenvalue weighted by molar-refractivity contribution is 0.00756. The van der Waals surface area contributed by atoms with Crippen LogP contribution in [0.25, 0.3) is 0 Å². The molecule has 4 nitrogen and oxygen atoms in total. The van der Waals surface area contributed by atoms with Crippen LogP contribution in [0.15, 0.2) is 12.4 Å². The molecule has 1 saturated heterocycles. The van der Waals surface area contributed by atoms with Crippen LogP contribution in [0.4, 0.5) is 5.95 Å². The highest BCUT2D eigenvalue weighted by atomic mass is 16.3. The van der Waals surface area contributed by atoms with E-state index in [4.69, 9.17) is 0 Å². The first-order valence-corrected chi connectivity index (χ1v) is 4.89. The maximum Gasteiger partial charge on any atom is 0.225 e. The van der Waals surface area contributed by atoms with E-state index in [-0.39, 0.29) is 0 Å². The lowest BCUT2D eigenvalue weighted by Gasteiger charge is -2.45. The number of hydrogen-bond acceptors (Lipinski definition) is 4. The van der Waals surface area contributed by atoms with Crippen molar-refractivity contribution in [1.82, 2.24) is 9.97 Å². The molecule has 1 aromatic heterocycles. The molecule has 0 radical (unpaired) electrons. The van der Waals surface area contributed by atoms with Crippen LogP contribution < -0.4 is 4.90 Å². The van der Waals surface area contributed by atoms with Crippen molar-refractivity contribution < 1.29 is 5.11 Å². The maximum atomic E-state index is 9.81. The Labute approximate surface area is 83.6 Å². The summed E-state index contributed by atoms with van der Waals surface area (Å²) < 4.78 is 0. The minimum Gasteiger partial charge on any atom is -0.386 e. The quantitative estimate of drug-likeness (QED) is 0.753. The van der Waals surface area contributed by atoms with E-state index in [9.17, 15) is 5.11 Å². The second-order valence-corrected chi connectivity index (χ2v) is 3.99. The van der Waals surface area contributed by atoms with Crippen molar-refractivity contribution in [2.24, 2.45) is 0 Å². The third-order valence-corrected chi connectivity index (χ3v) is 2.68. The molecule has 0 aliphatic carbocycles. The van der Waals surface area contributed by atoms with Gasteiger partial charge >= 0.3 is 0 Å². The predicted molar refractivity (Wildman–Crippen MR) is 54.2 cm³/mol. The van der Waals surface area contributed by atoms with Gasteiger partial charge in [-0.15, -0.1) is 0 Å². The fourth-order valence-corrected chi connectivity index (χ4v) is 1.58. The first-order chi connectivity index (χ1) is 6.63. The lowest BCUT2D eigenvalue weighted by Crippen LogP contribution is -2.62. The van der Waals surface area contributed by atoms with E-state index in [0.29, 0.717) is 19.0 Å². The SMILES string of the molecule is CCC1(O)CN(c2ncc(C)cn2)C1. The van der Waals surface area contributed by atoms with Crippen molar-refractivity contribution in [3.8, 4) is 0 Å². The smallest absolute Gasteiger partial charge is 0.225 e. The summed E-state index contributed by atoms with van der Waals surface area (Å²) in [6.07, 6.45) is 4.38. The fraction of sp³-hybridized carbons (Fsp3) is 0.600. The topological polar surface area (TPSA) is 49.2 Å². The van der Waals surface area contributed by atoms with Gasteiger partial charge in [-0.3, -0.25) is 0 Å². The first-order valence-electron chi connectivity index (χ1n) is 4.89. The molecule has 0 bridgehead atoms. The Morgan fingerprint density at radius 1 is 1.43 bits per heavy atom. The van der Waals surface area contributed by atoms with Crippen molar-refractivity contribution in [3.63, 3.8) is 0 Å². The van der Waals surface area contributed by atoms with Gasteiger partial charge < -0.3 is 10.0 Å². The van der Waals surface area contributed by atoms with Crippen LogP contribution in [0.1, 0.15) is 18.9 Å². The molecule has 1 fully saturated rings. The van der Waals surface area contributed by atoms with Crippen LogP contribution in [0.3, 0.4) is 0 Å². The van der Waals surface area contributed by atoms with Crippen LogP contribution in [-0.2, 0) is 0 Å². The van der Waals surface area contributed by atoms with E-state index in [2.05, 4.69) is 9.97 Å². The Balaban J connectivity index is 2.03. The van der Waals surface area contributed by atoms with Crippen LogP contribution in [0.5, 0.6) is 0 Å². The largest absolute Gasteiger partial charge is 0.386 e. The Morgan fingerprint density at radius 3 is 2.50 bits per heavy atom. The molecule has 2 heterocycles. The van der Waals surface area contributed by atoms with Gasteiger partial charge in [0.1, 0.15) is 0 Å². The van der Waals surface area contributed by atoms with Gasteiger partial charge in [0.05, 0.1) is 18.7 Å². The number of hydrogen-bond donors (Lipinski definition) is 1. The molecule has 76 valence electrons. The molecule has 0 aromatic carbocycles. The molecule has 1 aromatic rings. The van der Waals surface area contributed by atoms with Crippen molar-refractivity contribution in [3.05, 3.63) is 18.0 Å². The number of anilines is 1. The normalized spacial score (nSPS) is 19.2. The molecule has 14 heavy (non-hydrogen) atoms. The summed E-state index contributed by atoms with van der Waals surface area (Å²) in [4.78, 5) is 10.4. The van der Waals surface area contributed by atoms with E-state index < -0.39 is 5.60 Å². The van der Waals surface area contributed by atoms with Gasteiger partial charge in [0, 0.05) is 12.4 Å². The van der Waals surface area contributed by atoms with Crippen molar-refractivity contribution >= 4 is 5.95 Å². The Kier molecular flexibility index (Phi) is 2.15. The van der Waals surface area contributed by atoms with E-state index >= 15 is 0 Å². The van der Waals surface area contributed by atoms with E-state index in [1.807, 2.05) is 18.7 Å². The highest BCUT2D eigenvalue weighted by molar-refractivity contribution is 5.36. The third kappa shape index (κ3) is 1.57. The minimum atomic E-state index is -0.520. The summed E-state index contributed by atoms with van der Waals surface area (Å²) in [5.74, 6) is 0.716. The number of aromatic nitrogens is 2. The van der Waals surface area contributed by atoms with Crippen molar-refractivity contribution in [2.45, 2.75) is 25.9 Å². The summed E-state index contributed by atoms with van der Waals surface area (Å²) in [5, 5.41) is 9.81. The Morgan fingerprint density at radius 2 is 2.00 bits per heavy atom. The second kappa shape index (κ2) is 3.20. The number of aliphatic hydroxyl groups is 1. The van der Waals surface area contributed by atoms with Crippen LogP contribution in [0, 0.1) is 6.92 Å². The van der Waals surface area contributed by atoms with Crippen LogP contribution in [0.2, 0.25) is 0 Å². The fourth-order valence-electron chi connectivity index (χ4n) is 1.58. The van der Waals surface area contributed by atoms with Gasteiger partial charge in [-0.1, -0.05) is 6.92 Å².